The third kappa shape index (κ3) is 7.97. The van der Waals surface area contributed by atoms with Gasteiger partial charge in [0.1, 0.15) is 12.6 Å². The fraction of sp³-hybridized carbons (Fsp3) is 0.259. The quantitative estimate of drug-likeness (QED) is 0.411. The first-order valence-electron chi connectivity index (χ1n) is 11.2. The highest BCUT2D eigenvalue weighted by atomic mass is 19.3. The predicted molar refractivity (Wildman–Crippen MR) is 130 cm³/mol. The van der Waals surface area contributed by atoms with Gasteiger partial charge >= 0.3 is 12.7 Å². The Bertz CT molecular complexity index is 1130. The lowest BCUT2D eigenvalue weighted by Crippen LogP contribution is -2.48. The number of rotatable bonds is 11. The molecule has 0 saturated heterocycles. The molecule has 2 amide bonds. The van der Waals surface area contributed by atoms with E-state index < -0.39 is 18.7 Å². The summed E-state index contributed by atoms with van der Waals surface area (Å²) in [6, 6.07) is 22.1. The van der Waals surface area contributed by atoms with Crippen LogP contribution in [0.15, 0.2) is 78.9 Å². The van der Waals surface area contributed by atoms with Crippen molar-refractivity contribution in [2.24, 2.45) is 0 Å². The standard InChI is InChI=1S/C27H28F2N2O5/c1-31(17-21-13-14-23(34-2)24(16-21)36-26(28)29)25(32)22(15-19-9-5-3-6-10-19)30-27(33)35-18-20-11-7-4-8-12-20/h3-14,16,22,26H,15,17-18H2,1-2H3,(H,30,33)/t22-/m0/s1. The molecule has 3 aromatic carbocycles. The number of alkyl carbamates (subject to hydrolysis) is 1. The van der Waals surface area contributed by atoms with Crippen LogP contribution in [0.5, 0.6) is 11.5 Å². The number of nitrogens with one attached hydrogen (secondary N) is 1. The summed E-state index contributed by atoms with van der Waals surface area (Å²) in [5.41, 5.74) is 2.22. The Balaban J connectivity index is 1.71. The molecule has 9 heteroatoms. The Morgan fingerprint density at radius 3 is 2.14 bits per heavy atom. The number of ether oxygens (including phenoxy) is 3. The van der Waals surface area contributed by atoms with Crippen molar-refractivity contribution in [2.45, 2.75) is 32.2 Å². The van der Waals surface area contributed by atoms with Crippen molar-refractivity contribution in [1.29, 1.82) is 0 Å². The molecule has 1 N–H and O–H groups in total. The zero-order valence-electron chi connectivity index (χ0n) is 20.0. The van der Waals surface area contributed by atoms with Crippen LogP contribution in [0.1, 0.15) is 16.7 Å². The van der Waals surface area contributed by atoms with Crippen molar-refractivity contribution < 1.29 is 32.6 Å². The van der Waals surface area contributed by atoms with E-state index in [0.29, 0.717) is 5.56 Å². The number of alkyl halides is 2. The molecule has 0 aliphatic heterocycles. The van der Waals surface area contributed by atoms with Gasteiger partial charge in [-0.25, -0.2) is 4.79 Å². The van der Waals surface area contributed by atoms with E-state index in [1.165, 1.54) is 24.1 Å². The molecule has 36 heavy (non-hydrogen) atoms. The summed E-state index contributed by atoms with van der Waals surface area (Å²) in [7, 11) is 2.91. The van der Waals surface area contributed by atoms with Crippen molar-refractivity contribution in [3.05, 3.63) is 95.6 Å². The van der Waals surface area contributed by atoms with Gasteiger partial charge < -0.3 is 24.4 Å². The summed E-state index contributed by atoms with van der Waals surface area (Å²) in [5, 5.41) is 2.66. The highest BCUT2D eigenvalue weighted by Gasteiger charge is 2.25. The van der Waals surface area contributed by atoms with Crippen LogP contribution in [0.4, 0.5) is 13.6 Å². The number of hydrogen-bond acceptors (Lipinski definition) is 5. The zero-order chi connectivity index (χ0) is 25.9. The normalized spacial score (nSPS) is 11.5. The highest BCUT2D eigenvalue weighted by molar-refractivity contribution is 5.85. The van der Waals surface area contributed by atoms with Crippen molar-refractivity contribution in [1.82, 2.24) is 10.2 Å². The Morgan fingerprint density at radius 2 is 1.53 bits per heavy atom. The molecule has 0 radical (unpaired) electrons. The summed E-state index contributed by atoms with van der Waals surface area (Å²) in [6.07, 6.45) is -0.481. The van der Waals surface area contributed by atoms with Gasteiger partial charge in [0.15, 0.2) is 11.5 Å². The number of carbonyl (C=O) groups is 2. The monoisotopic (exact) mass is 498 g/mol. The Kier molecular flexibility index (Phi) is 9.62. The van der Waals surface area contributed by atoms with E-state index in [1.807, 2.05) is 60.7 Å². The molecule has 0 unspecified atom stereocenters. The van der Waals surface area contributed by atoms with Gasteiger partial charge in [-0.05, 0) is 28.8 Å². The topological polar surface area (TPSA) is 77.1 Å². The van der Waals surface area contributed by atoms with Gasteiger partial charge in [-0.3, -0.25) is 4.79 Å². The first kappa shape index (κ1) is 26.5. The minimum absolute atomic E-state index is 0.0630. The van der Waals surface area contributed by atoms with Crippen LogP contribution in [0.25, 0.3) is 0 Å². The lowest BCUT2D eigenvalue weighted by Gasteiger charge is -2.25. The second-order valence-electron chi connectivity index (χ2n) is 8.01. The maximum absolute atomic E-state index is 13.3. The number of halogens is 2. The van der Waals surface area contributed by atoms with E-state index in [4.69, 9.17) is 9.47 Å². The molecule has 3 aromatic rings. The van der Waals surface area contributed by atoms with Crippen LogP contribution in [0.2, 0.25) is 0 Å². The van der Waals surface area contributed by atoms with Gasteiger partial charge in [0.25, 0.3) is 0 Å². The number of benzene rings is 3. The van der Waals surface area contributed by atoms with Gasteiger partial charge in [0, 0.05) is 20.0 Å². The lowest BCUT2D eigenvalue weighted by molar-refractivity contribution is -0.132. The third-order valence-electron chi connectivity index (χ3n) is 5.33. The average molecular weight is 499 g/mol. The van der Waals surface area contributed by atoms with Gasteiger partial charge in [-0.15, -0.1) is 0 Å². The van der Waals surface area contributed by atoms with Crippen molar-refractivity contribution in [3.63, 3.8) is 0 Å². The first-order chi connectivity index (χ1) is 17.4. The Labute approximate surface area is 208 Å². The number of carbonyl (C=O) groups excluding carboxylic acids is 2. The number of hydrogen-bond donors (Lipinski definition) is 1. The minimum atomic E-state index is -3.02. The highest BCUT2D eigenvalue weighted by Crippen LogP contribution is 2.30. The minimum Gasteiger partial charge on any atom is -0.493 e. The maximum atomic E-state index is 13.3. The molecular weight excluding hydrogens is 470 g/mol. The number of amides is 2. The summed E-state index contributed by atoms with van der Waals surface area (Å²) >= 11 is 0. The van der Waals surface area contributed by atoms with Gasteiger partial charge in [-0.2, -0.15) is 8.78 Å². The lowest BCUT2D eigenvalue weighted by atomic mass is 10.0. The second kappa shape index (κ2) is 13.1. The molecule has 0 aliphatic carbocycles. The first-order valence-corrected chi connectivity index (χ1v) is 11.2. The van der Waals surface area contributed by atoms with Gasteiger partial charge in [0.05, 0.1) is 7.11 Å². The van der Waals surface area contributed by atoms with E-state index in [9.17, 15) is 18.4 Å². The molecule has 0 aromatic heterocycles. The second-order valence-corrected chi connectivity index (χ2v) is 8.01. The van der Waals surface area contributed by atoms with Crippen molar-refractivity contribution in [2.75, 3.05) is 14.2 Å². The number of methoxy groups -OCH3 is 1. The molecule has 0 aliphatic rings. The van der Waals surface area contributed by atoms with E-state index in [-0.39, 0.29) is 37.0 Å². The number of nitrogens with zero attached hydrogens (tertiary/aromatic N) is 1. The summed E-state index contributed by atoms with van der Waals surface area (Å²) < 4.78 is 40.4. The molecule has 0 saturated carbocycles. The maximum Gasteiger partial charge on any atom is 0.408 e. The molecule has 7 nitrogen and oxygen atoms in total. The smallest absolute Gasteiger partial charge is 0.408 e. The van der Waals surface area contributed by atoms with Crippen molar-refractivity contribution >= 4 is 12.0 Å². The third-order valence-corrected chi connectivity index (χ3v) is 5.33. The molecule has 0 bridgehead atoms. The van der Waals surface area contributed by atoms with E-state index in [1.54, 1.807) is 13.1 Å². The SMILES string of the molecule is COc1ccc(CN(C)C(=O)[C@H](Cc2ccccc2)NC(=O)OCc2ccccc2)cc1OC(F)F. The Hall–Kier alpha value is -4.14. The molecule has 1 atom stereocenters. The molecule has 0 spiro atoms. The van der Waals surface area contributed by atoms with E-state index in [0.717, 1.165) is 11.1 Å². The summed E-state index contributed by atoms with van der Waals surface area (Å²) in [5.74, 6) is -0.352. The van der Waals surface area contributed by atoms with Crippen LogP contribution in [-0.2, 0) is 29.1 Å². The fourth-order valence-electron chi connectivity index (χ4n) is 3.58. The molecule has 0 fully saturated rings. The van der Waals surface area contributed by atoms with Gasteiger partial charge in [-0.1, -0.05) is 66.7 Å². The van der Waals surface area contributed by atoms with Crippen LogP contribution in [0, 0.1) is 0 Å². The molecular formula is C27H28F2N2O5. The average Bonchev–Trinajstić information content (AvgIpc) is 2.87. The van der Waals surface area contributed by atoms with Crippen LogP contribution < -0.4 is 14.8 Å². The largest absolute Gasteiger partial charge is 0.493 e. The van der Waals surface area contributed by atoms with Gasteiger partial charge in [0.2, 0.25) is 5.91 Å². The van der Waals surface area contributed by atoms with Crippen molar-refractivity contribution in [3.8, 4) is 11.5 Å². The van der Waals surface area contributed by atoms with Crippen LogP contribution in [0.3, 0.4) is 0 Å². The molecule has 190 valence electrons. The fourth-order valence-corrected chi connectivity index (χ4v) is 3.58. The zero-order valence-corrected chi connectivity index (χ0v) is 20.0. The Morgan fingerprint density at radius 1 is 0.889 bits per heavy atom. The van der Waals surface area contributed by atoms with Crippen LogP contribution in [-0.4, -0.2) is 43.7 Å². The molecule has 3 rings (SSSR count). The summed E-state index contributed by atoms with van der Waals surface area (Å²) in [6.45, 7) is -2.86. The van der Waals surface area contributed by atoms with Crippen LogP contribution >= 0.6 is 0 Å². The number of likely N-dealkylation sites (N-methyl/N-ethyl adjacent to an activating group) is 1. The predicted octanol–water partition coefficient (Wildman–Crippen LogP) is 4.79. The van der Waals surface area contributed by atoms with E-state index >= 15 is 0 Å². The molecule has 0 heterocycles. The van der Waals surface area contributed by atoms with E-state index in [2.05, 4.69) is 10.1 Å². The summed E-state index contributed by atoms with van der Waals surface area (Å²) in [4.78, 5) is 27.2.